The topological polar surface area (TPSA) is 63.9 Å². The minimum absolute atomic E-state index is 0.349. The van der Waals surface area contributed by atoms with Crippen LogP contribution in [0.1, 0.15) is 20.3 Å². The molecule has 1 aliphatic heterocycles. The van der Waals surface area contributed by atoms with Crippen molar-refractivity contribution in [2.24, 2.45) is 0 Å². The summed E-state index contributed by atoms with van der Waals surface area (Å²) in [5, 5.41) is 28.4. The van der Waals surface area contributed by atoms with E-state index < -0.39 is 17.9 Å². The summed E-state index contributed by atoms with van der Waals surface area (Å²) in [6.07, 6.45) is -0.981. The molecule has 0 aromatic rings. The Labute approximate surface area is 72.4 Å². The third-order valence-electron chi connectivity index (χ3n) is 2.47. The lowest BCUT2D eigenvalue weighted by molar-refractivity contribution is -0.136. The second-order valence-electron chi connectivity index (χ2n) is 3.55. The molecule has 0 aromatic carbocycles. The van der Waals surface area contributed by atoms with Crippen molar-refractivity contribution in [1.82, 2.24) is 4.90 Å². The van der Waals surface area contributed by atoms with Gasteiger partial charge < -0.3 is 15.3 Å². The molecule has 0 bridgehead atoms. The first-order valence-corrected chi connectivity index (χ1v) is 4.33. The number of aliphatic hydroxyl groups is 3. The lowest BCUT2D eigenvalue weighted by atomic mass is 10.1. The molecular weight excluding hydrogens is 158 g/mol. The predicted octanol–water partition coefficient (Wildman–Crippen LogP) is -0.858. The zero-order chi connectivity index (χ0) is 9.35. The van der Waals surface area contributed by atoms with Gasteiger partial charge in [-0.2, -0.15) is 0 Å². The van der Waals surface area contributed by atoms with Gasteiger partial charge in [0.2, 0.25) is 0 Å². The van der Waals surface area contributed by atoms with Crippen molar-refractivity contribution < 1.29 is 15.3 Å². The van der Waals surface area contributed by atoms with Gasteiger partial charge in [-0.25, -0.2) is 0 Å². The highest BCUT2D eigenvalue weighted by molar-refractivity contribution is 4.95. The Morgan fingerprint density at radius 2 is 2.08 bits per heavy atom. The Kier molecular flexibility index (Phi) is 2.73. The van der Waals surface area contributed by atoms with Gasteiger partial charge in [-0.15, -0.1) is 0 Å². The second-order valence-corrected chi connectivity index (χ2v) is 3.55. The van der Waals surface area contributed by atoms with Gasteiger partial charge in [0.05, 0.1) is 6.10 Å². The molecule has 0 radical (unpaired) electrons. The molecule has 0 amide bonds. The van der Waals surface area contributed by atoms with E-state index in [0.29, 0.717) is 13.1 Å². The molecule has 1 heterocycles. The van der Waals surface area contributed by atoms with Crippen LogP contribution in [0.3, 0.4) is 0 Å². The summed E-state index contributed by atoms with van der Waals surface area (Å²) < 4.78 is 0. The fourth-order valence-electron chi connectivity index (χ4n) is 1.65. The Hall–Kier alpha value is -0.160. The monoisotopic (exact) mass is 175 g/mol. The summed E-state index contributed by atoms with van der Waals surface area (Å²) in [5.74, 6) is 0. The summed E-state index contributed by atoms with van der Waals surface area (Å²) in [7, 11) is 0. The molecule has 12 heavy (non-hydrogen) atoms. The number of rotatable bonds is 2. The molecule has 3 N–H and O–H groups in total. The molecule has 1 fully saturated rings. The Balaban J connectivity index is 2.66. The molecule has 0 aliphatic carbocycles. The molecule has 1 aliphatic rings. The first-order valence-electron chi connectivity index (χ1n) is 4.33. The molecule has 1 saturated heterocycles. The molecule has 3 atom stereocenters. The van der Waals surface area contributed by atoms with Gasteiger partial charge in [-0.1, -0.05) is 6.92 Å². The van der Waals surface area contributed by atoms with Crippen LogP contribution in [-0.2, 0) is 0 Å². The maximum Gasteiger partial charge on any atom is 0.144 e. The number of likely N-dealkylation sites (tertiary alicyclic amines) is 1. The fourth-order valence-corrected chi connectivity index (χ4v) is 1.65. The van der Waals surface area contributed by atoms with E-state index in [1.807, 2.05) is 6.92 Å². The summed E-state index contributed by atoms with van der Waals surface area (Å²) in [4.78, 5) is 1.70. The van der Waals surface area contributed by atoms with Crippen LogP contribution in [0, 0.1) is 0 Å². The maximum absolute atomic E-state index is 9.74. The second kappa shape index (κ2) is 3.30. The zero-order valence-electron chi connectivity index (χ0n) is 7.56. The van der Waals surface area contributed by atoms with Crippen molar-refractivity contribution in [2.75, 3.05) is 13.1 Å². The average molecular weight is 175 g/mol. The van der Waals surface area contributed by atoms with Crippen molar-refractivity contribution in [3.63, 3.8) is 0 Å². The highest BCUT2D eigenvalue weighted by Gasteiger charge is 2.47. The van der Waals surface area contributed by atoms with Gasteiger partial charge in [0.25, 0.3) is 0 Å². The first-order chi connectivity index (χ1) is 5.50. The van der Waals surface area contributed by atoms with Crippen LogP contribution in [0.5, 0.6) is 0 Å². The number of nitrogens with zero attached hydrogens (tertiary/aromatic N) is 1. The van der Waals surface area contributed by atoms with E-state index in [1.165, 1.54) is 6.92 Å². The van der Waals surface area contributed by atoms with Crippen molar-refractivity contribution in [2.45, 2.75) is 38.2 Å². The van der Waals surface area contributed by atoms with Crippen LogP contribution < -0.4 is 0 Å². The van der Waals surface area contributed by atoms with E-state index in [1.54, 1.807) is 4.90 Å². The number of hydrogen-bond donors (Lipinski definition) is 3. The van der Waals surface area contributed by atoms with Gasteiger partial charge in [0.15, 0.2) is 0 Å². The SMILES string of the molecule is CCCN1C[C@H](O)[C@H](O)[C@]1(C)O. The quantitative estimate of drug-likeness (QED) is 0.511. The third-order valence-corrected chi connectivity index (χ3v) is 2.47. The first kappa shape index (κ1) is 9.92. The van der Waals surface area contributed by atoms with E-state index in [9.17, 15) is 15.3 Å². The third kappa shape index (κ3) is 1.47. The highest BCUT2D eigenvalue weighted by Crippen LogP contribution is 2.26. The summed E-state index contributed by atoms with van der Waals surface area (Å²) in [5.41, 5.74) is -1.27. The van der Waals surface area contributed by atoms with Gasteiger partial charge in [-0.3, -0.25) is 4.90 Å². The highest BCUT2D eigenvalue weighted by atomic mass is 16.4. The van der Waals surface area contributed by atoms with Crippen LogP contribution in [0.2, 0.25) is 0 Å². The van der Waals surface area contributed by atoms with Crippen molar-refractivity contribution in [3.05, 3.63) is 0 Å². The van der Waals surface area contributed by atoms with Crippen LogP contribution in [-0.4, -0.2) is 51.2 Å². The van der Waals surface area contributed by atoms with E-state index in [2.05, 4.69) is 0 Å². The minimum Gasteiger partial charge on any atom is -0.389 e. The smallest absolute Gasteiger partial charge is 0.144 e. The molecular formula is C8H17NO3. The number of aliphatic hydroxyl groups excluding tert-OH is 2. The van der Waals surface area contributed by atoms with Gasteiger partial charge >= 0.3 is 0 Å². The predicted molar refractivity (Wildman–Crippen MR) is 44.5 cm³/mol. The Morgan fingerprint density at radius 3 is 2.42 bits per heavy atom. The molecule has 1 rings (SSSR count). The normalized spacial score (nSPS) is 43.8. The summed E-state index contributed by atoms with van der Waals surface area (Å²) in [6, 6.07) is 0. The van der Waals surface area contributed by atoms with E-state index >= 15 is 0 Å². The molecule has 0 unspecified atom stereocenters. The molecule has 0 aromatic heterocycles. The van der Waals surface area contributed by atoms with Crippen LogP contribution in [0.25, 0.3) is 0 Å². The molecule has 4 heteroatoms. The number of hydrogen-bond acceptors (Lipinski definition) is 4. The average Bonchev–Trinajstić information content (AvgIpc) is 2.17. The molecule has 0 saturated carbocycles. The van der Waals surface area contributed by atoms with Crippen molar-refractivity contribution in [3.8, 4) is 0 Å². The van der Waals surface area contributed by atoms with Gasteiger partial charge in [0, 0.05) is 13.1 Å². The minimum atomic E-state index is -1.27. The van der Waals surface area contributed by atoms with E-state index in [-0.39, 0.29) is 0 Å². The standard InChI is InChI=1S/C8H17NO3/c1-3-4-9-5-6(10)7(11)8(9,2)12/h6-7,10-12H,3-5H2,1-2H3/t6-,7-,8-/m0/s1. The van der Waals surface area contributed by atoms with Crippen molar-refractivity contribution in [1.29, 1.82) is 0 Å². The van der Waals surface area contributed by atoms with E-state index in [4.69, 9.17) is 0 Å². The van der Waals surface area contributed by atoms with E-state index in [0.717, 1.165) is 6.42 Å². The summed E-state index contributed by atoms with van der Waals surface area (Å²) >= 11 is 0. The Bertz CT molecular complexity index is 160. The zero-order valence-corrected chi connectivity index (χ0v) is 7.56. The van der Waals surface area contributed by atoms with Gasteiger partial charge in [0.1, 0.15) is 11.8 Å². The largest absolute Gasteiger partial charge is 0.389 e. The maximum atomic E-state index is 9.74. The summed E-state index contributed by atoms with van der Waals surface area (Å²) in [6.45, 7) is 4.57. The number of β-amino-alcohol motifs (C(OH)–C–C–N with tert-alkyl or cyclic N) is 1. The fraction of sp³-hybridized carbons (Fsp3) is 1.00. The van der Waals surface area contributed by atoms with Crippen LogP contribution in [0.15, 0.2) is 0 Å². The van der Waals surface area contributed by atoms with Crippen LogP contribution in [0.4, 0.5) is 0 Å². The lowest BCUT2D eigenvalue weighted by Crippen LogP contribution is -2.48. The molecule has 72 valence electrons. The Morgan fingerprint density at radius 1 is 1.50 bits per heavy atom. The van der Waals surface area contributed by atoms with Crippen molar-refractivity contribution >= 4 is 0 Å². The molecule has 0 spiro atoms. The molecule has 4 nitrogen and oxygen atoms in total. The van der Waals surface area contributed by atoms with Gasteiger partial charge in [-0.05, 0) is 13.3 Å². The lowest BCUT2D eigenvalue weighted by Gasteiger charge is -2.31. The van der Waals surface area contributed by atoms with Crippen LogP contribution >= 0.6 is 0 Å².